The maximum atomic E-state index is 9.82. The van der Waals surface area contributed by atoms with Crippen LogP contribution < -0.4 is 9.47 Å². The first-order valence-corrected chi connectivity index (χ1v) is 11.3. The molecule has 1 heterocycles. The first kappa shape index (κ1) is 22.0. The van der Waals surface area contributed by atoms with E-state index in [-0.39, 0.29) is 0 Å². The Kier molecular flexibility index (Phi) is 6.54. The number of benzene rings is 4. The largest absolute Gasteiger partial charge is 0.485 e. The molecule has 0 amide bonds. The lowest BCUT2D eigenvalue weighted by molar-refractivity contribution is 0.256. The molecule has 0 bridgehead atoms. The first-order chi connectivity index (χ1) is 17.3. The summed E-state index contributed by atoms with van der Waals surface area (Å²) < 4.78 is 12.3. The van der Waals surface area contributed by atoms with Crippen LogP contribution in [0.5, 0.6) is 11.5 Å². The Balaban J connectivity index is 1.44. The standard InChI is InChI=1S/C30H23N3O2/c31-19-25(30-32-26-13-7-8-14-27(26)33-30)17-24-15-16-28(34-20-22-9-3-1-4-10-22)29(18-24)35-21-23-11-5-2-6-12-23/h1-18H,20-21H2,(H,32,33)/b25-17-. The third-order valence-corrected chi connectivity index (χ3v) is 5.52. The van der Waals surface area contributed by atoms with Gasteiger partial charge < -0.3 is 14.5 Å². The summed E-state index contributed by atoms with van der Waals surface area (Å²) in [7, 11) is 0. The van der Waals surface area contributed by atoms with E-state index in [4.69, 9.17) is 9.47 Å². The fraction of sp³-hybridized carbons (Fsp3) is 0.0667. The summed E-state index contributed by atoms with van der Waals surface area (Å²) >= 11 is 0. The number of fused-ring (bicyclic) bond motifs is 1. The molecule has 170 valence electrons. The summed E-state index contributed by atoms with van der Waals surface area (Å²) in [4.78, 5) is 7.78. The second-order valence-corrected chi connectivity index (χ2v) is 8.03. The molecule has 0 unspecified atom stereocenters. The maximum Gasteiger partial charge on any atom is 0.162 e. The number of imidazole rings is 1. The number of nitrogens with zero attached hydrogens (tertiary/aromatic N) is 2. The molecular formula is C30H23N3O2. The van der Waals surface area contributed by atoms with Crippen molar-refractivity contribution >= 4 is 22.7 Å². The van der Waals surface area contributed by atoms with E-state index >= 15 is 0 Å². The fourth-order valence-electron chi connectivity index (χ4n) is 3.72. The number of allylic oxidation sites excluding steroid dienone is 1. The number of nitrogens with one attached hydrogen (secondary N) is 1. The van der Waals surface area contributed by atoms with Crippen LogP contribution in [0.2, 0.25) is 0 Å². The molecule has 0 fully saturated rings. The Labute approximate surface area is 203 Å². The molecule has 4 aromatic carbocycles. The second kappa shape index (κ2) is 10.4. The summed E-state index contributed by atoms with van der Waals surface area (Å²) in [5.41, 5.74) is 5.09. The molecule has 5 rings (SSSR count). The van der Waals surface area contributed by atoms with Crippen molar-refractivity contribution in [1.29, 1.82) is 5.26 Å². The number of para-hydroxylation sites is 2. The highest BCUT2D eigenvalue weighted by Crippen LogP contribution is 2.31. The van der Waals surface area contributed by atoms with E-state index < -0.39 is 0 Å². The van der Waals surface area contributed by atoms with Crippen molar-refractivity contribution in [3.05, 3.63) is 126 Å². The zero-order chi connectivity index (χ0) is 23.9. The third-order valence-electron chi connectivity index (χ3n) is 5.52. The van der Waals surface area contributed by atoms with Gasteiger partial charge in [-0.05, 0) is 47.0 Å². The lowest BCUT2D eigenvalue weighted by Gasteiger charge is -2.14. The molecule has 0 aliphatic heterocycles. The number of nitriles is 1. The van der Waals surface area contributed by atoms with Crippen LogP contribution in [0.1, 0.15) is 22.5 Å². The Morgan fingerprint density at radius 1 is 0.771 bits per heavy atom. The molecule has 5 nitrogen and oxygen atoms in total. The van der Waals surface area contributed by atoms with Gasteiger partial charge in [0.1, 0.15) is 25.1 Å². The van der Waals surface area contributed by atoms with E-state index in [1.54, 1.807) is 6.08 Å². The van der Waals surface area contributed by atoms with Gasteiger partial charge in [-0.25, -0.2) is 4.98 Å². The summed E-state index contributed by atoms with van der Waals surface area (Å²) in [6.07, 6.45) is 1.80. The van der Waals surface area contributed by atoms with Crippen LogP contribution in [0.4, 0.5) is 0 Å². The SMILES string of the molecule is N#C/C(=C/c1ccc(OCc2ccccc2)c(OCc2ccccc2)c1)c1nc2ccccc2[nH]1. The van der Waals surface area contributed by atoms with Crippen LogP contribution in [-0.2, 0) is 13.2 Å². The minimum Gasteiger partial charge on any atom is -0.485 e. The molecule has 0 saturated carbocycles. The summed E-state index contributed by atoms with van der Waals surface area (Å²) in [5.74, 6) is 1.79. The smallest absolute Gasteiger partial charge is 0.162 e. The van der Waals surface area contributed by atoms with Crippen molar-refractivity contribution in [2.45, 2.75) is 13.2 Å². The average molecular weight is 458 g/mol. The summed E-state index contributed by atoms with van der Waals surface area (Å²) in [5, 5.41) is 9.82. The van der Waals surface area contributed by atoms with Crippen molar-refractivity contribution in [3.63, 3.8) is 0 Å². The van der Waals surface area contributed by atoms with Crippen molar-refractivity contribution in [1.82, 2.24) is 9.97 Å². The minimum atomic E-state index is 0.407. The Hall–Kier alpha value is -4.82. The van der Waals surface area contributed by atoms with Gasteiger partial charge in [0.15, 0.2) is 11.5 Å². The molecule has 35 heavy (non-hydrogen) atoms. The topological polar surface area (TPSA) is 70.9 Å². The zero-order valence-electron chi connectivity index (χ0n) is 19.0. The number of hydrogen-bond donors (Lipinski definition) is 1. The van der Waals surface area contributed by atoms with Crippen LogP contribution in [0.3, 0.4) is 0 Å². The number of ether oxygens (including phenoxy) is 2. The highest BCUT2D eigenvalue weighted by atomic mass is 16.5. The van der Waals surface area contributed by atoms with E-state index in [0.29, 0.717) is 36.1 Å². The van der Waals surface area contributed by atoms with Crippen molar-refractivity contribution < 1.29 is 9.47 Å². The molecule has 0 aliphatic rings. The lowest BCUT2D eigenvalue weighted by atomic mass is 10.1. The van der Waals surface area contributed by atoms with Gasteiger partial charge in [-0.2, -0.15) is 5.26 Å². The normalized spacial score (nSPS) is 11.2. The number of aromatic nitrogens is 2. The number of rotatable bonds is 8. The number of hydrogen-bond acceptors (Lipinski definition) is 4. The predicted molar refractivity (Wildman–Crippen MR) is 138 cm³/mol. The molecule has 0 radical (unpaired) electrons. The van der Waals surface area contributed by atoms with Gasteiger partial charge in [-0.3, -0.25) is 0 Å². The van der Waals surface area contributed by atoms with E-state index in [1.165, 1.54) is 0 Å². The molecule has 1 N–H and O–H groups in total. The number of aromatic amines is 1. The highest BCUT2D eigenvalue weighted by molar-refractivity contribution is 5.90. The van der Waals surface area contributed by atoms with E-state index in [9.17, 15) is 5.26 Å². The molecule has 0 saturated heterocycles. The number of H-pyrrole nitrogens is 1. The summed E-state index contributed by atoms with van der Waals surface area (Å²) in [6, 6.07) is 35.6. The molecule has 0 aliphatic carbocycles. The van der Waals surface area contributed by atoms with Crippen LogP contribution in [0.15, 0.2) is 103 Å². The van der Waals surface area contributed by atoms with E-state index in [1.807, 2.05) is 103 Å². The maximum absolute atomic E-state index is 9.82. The second-order valence-electron chi connectivity index (χ2n) is 8.03. The van der Waals surface area contributed by atoms with Crippen molar-refractivity contribution in [3.8, 4) is 17.6 Å². The van der Waals surface area contributed by atoms with Crippen LogP contribution in [-0.4, -0.2) is 9.97 Å². The first-order valence-electron chi connectivity index (χ1n) is 11.3. The Bertz CT molecular complexity index is 1470. The molecular weight excluding hydrogens is 434 g/mol. The highest BCUT2D eigenvalue weighted by Gasteiger charge is 2.11. The molecule has 5 heteroatoms. The van der Waals surface area contributed by atoms with Gasteiger partial charge in [0, 0.05) is 0 Å². The third kappa shape index (κ3) is 5.40. The molecule has 1 aromatic heterocycles. The minimum absolute atomic E-state index is 0.407. The van der Waals surface area contributed by atoms with Crippen molar-refractivity contribution in [2.24, 2.45) is 0 Å². The molecule has 5 aromatic rings. The molecule has 0 spiro atoms. The van der Waals surface area contributed by atoms with Gasteiger partial charge in [0.2, 0.25) is 0 Å². The van der Waals surface area contributed by atoms with Gasteiger partial charge in [-0.15, -0.1) is 0 Å². The average Bonchev–Trinajstić information content (AvgIpc) is 3.35. The van der Waals surface area contributed by atoms with Gasteiger partial charge in [0.25, 0.3) is 0 Å². The van der Waals surface area contributed by atoms with Crippen molar-refractivity contribution in [2.75, 3.05) is 0 Å². The zero-order valence-corrected chi connectivity index (χ0v) is 19.0. The predicted octanol–water partition coefficient (Wildman–Crippen LogP) is 6.79. The van der Waals surface area contributed by atoms with Gasteiger partial charge >= 0.3 is 0 Å². The lowest BCUT2D eigenvalue weighted by Crippen LogP contribution is -2.01. The van der Waals surface area contributed by atoms with Crippen LogP contribution in [0, 0.1) is 11.3 Å². The Morgan fingerprint density at radius 3 is 2.06 bits per heavy atom. The monoisotopic (exact) mass is 457 g/mol. The van der Waals surface area contributed by atoms with Gasteiger partial charge in [-0.1, -0.05) is 78.9 Å². The van der Waals surface area contributed by atoms with Crippen LogP contribution >= 0.6 is 0 Å². The quantitative estimate of drug-likeness (QED) is 0.261. The molecule has 0 atom stereocenters. The Morgan fingerprint density at radius 2 is 1.40 bits per heavy atom. The van der Waals surface area contributed by atoms with E-state index in [0.717, 1.165) is 27.7 Å². The summed E-state index contributed by atoms with van der Waals surface area (Å²) in [6.45, 7) is 0.838. The fourth-order valence-corrected chi connectivity index (χ4v) is 3.72. The van der Waals surface area contributed by atoms with E-state index in [2.05, 4.69) is 16.0 Å². The van der Waals surface area contributed by atoms with Crippen LogP contribution in [0.25, 0.3) is 22.7 Å². The van der Waals surface area contributed by atoms with Gasteiger partial charge in [0.05, 0.1) is 16.6 Å².